The minimum Gasteiger partial charge on any atom is -0.353 e. The summed E-state index contributed by atoms with van der Waals surface area (Å²) < 4.78 is 0. The molecule has 0 heterocycles. The second kappa shape index (κ2) is 13.7. The van der Waals surface area contributed by atoms with Gasteiger partial charge in [-0.25, -0.2) is 0 Å². The zero-order valence-corrected chi connectivity index (χ0v) is 26.7. The maximum atomic E-state index is 12.8. The highest BCUT2D eigenvalue weighted by molar-refractivity contribution is 5.86. The molecule has 0 aromatic rings. The summed E-state index contributed by atoms with van der Waals surface area (Å²) in [4.78, 5) is 24.0. The van der Waals surface area contributed by atoms with Gasteiger partial charge in [0.2, 0.25) is 5.91 Å². The van der Waals surface area contributed by atoms with E-state index in [1.807, 2.05) is 0 Å². The Balaban J connectivity index is 1.28. The number of fused-ring (bicyclic) bond motifs is 5. The molecule has 0 aliphatic heterocycles. The van der Waals surface area contributed by atoms with Crippen molar-refractivity contribution in [3.8, 4) is 0 Å². The summed E-state index contributed by atoms with van der Waals surface area (Å²) in [5, 5.41) is 2.82. The Morgan fingerprint density at radius 3 is 2.55 bits per heavy atom. The number of amides is 1. The molecule has 0 spiro atoms. The molecule has 226 valence electrons. The lowest BCUT2D eigenvalue weighted by molar-refractivity contribution is -0.120. The van der Waals surface area contributed by atoms with Crippen LogP contribution in [-0.2, 0) is 9.59 Å². The van der Waals surface area contributed by atoms with Crippen molar-refractivity contribution in [3.05, 3.63) is 24.3 Å². The molecule has 3 heteroatoms. The van der Waals surface area contributed by atoms with Gasteiger partial charge in [-0.05, 0) is 123 Å². The van der Waals surface area contributed by atoms with Crippen molar-refractivity contribution >= 4 is 11.7 Å². The van der Waals surface area contributed by atoms with E-state index in [1.165, 1.54) is 70.3 Å². The molecule has 1 amide bonds. The first-order valence-corrected chi connectivity index (χ1v) is 17.2. The second-order valence-corrected chi connectivity index (χ2v) is 15.4. The van der Waals surface area contributed by atoms with Crippen LogP contribution in [0.3, 0.4) is 0 Å². The fraction of sp³-hybridized carbons (Fsp3) is 0.838. The molecule has 1 N–H and O–H groups in total. The number of unbranched alkanes of at least 4 members (excludes halogenated alkanes) is 2. The van der Waals surface area contributed by atoms with Crippen molar-refractivity contribution in [2.75, 3.05) is 6.54 Å². The van der Waals surface area contributed by atoms with Gasteiger partial charge in [0.25, 0.3) is 0 Å². The Labute approximate surface area is 246 Å². The van der Waals surface area contributed by atoms with Crippen LogP contribution in [0.5, 0.6) is 0 Å². The number of allylic oxidation sites excluding steroid dienone is 2. The van der Waals surface area contributed by atoms with Gasteiger partial charge in [0.15, 0.2) is 0 Å². The van der Waals surface area contributed by atoms with E-state index in [0.717, 1.165) is 67.6 Å². The number of rotatable bonds is 14. The molecular weight excluding hydrogens is 490 g/mol. The molecule has 3 fully saturated rings. The van der Waals surface area contributed by atoms with Gasteiger partial charge in [-0.1, -0.05) is 78.5 Å². The summed E-state index contributed by atoms with van der Waals surface area (Å²) in [6.07, 6.45) is 23.3. The molecule has 0 saturated heterocycles. The molecule has 4 aliphatic rings. The topological polar surface area (TPSA) is 46.2 Å². The Morgan fingerprint density at radius 1 is 1.00 bits per heavy atom. The Hall–Kier alpha value is -1.38. The fourth-order valence-corrected chi connectivity index (χ4v) is 10.3. The van der Waals surface area contributed by atoms with E-state index in [1.54, 1.807) is 5.57 Å². The van der Waals surface area contributed by atoms with E-state index in [9.17, 15) is 9.59 Å². The number of nitrogens with one attached hydrogen (secondary N) is 1. The molecule has 8 atom stereocenters. The summed E-state index contributed by atoms with van der Waals surface area (Å²) >= 11 is 0. The maximum absolute atomic E-state index is 12.8. The number of ketones is 1. The summed E-state index contributed by atoms with van der Waals surface area (Å²) in [5.41, 5.74) is 2.65. The normalized spacial score (nSPS) is 35.8. The van der Waals surface area contributed by atoms with Gasteiger partial charge in [-0.2, -0.15) is 0 Å². The van der Waals surface area contributed by atoms with Gasteiger partial charge in [-0.3, -0.25) is 9.59 Å². The van der Waals surface area contributed by atoms with Crippen LogP contribution >= 0.6 is 0 Å². The van der Waals surface area contributed by atoms with Crippen LogP contribution < -0.4 is 5.32 Å². The highest BCUT2D eigenvalue weighted by atomic mass is 16.1. The quantitative estimate of drug-likeness (QED) is 0.133. The van der Waals surface area contributed by atoms with Crippen molar-refractivity contribution < 1.29 is 9.59 Å². The van der Waals surface area contributed by atoms with Crippen molar-refractivity contribution in [1.82, 2.24) is 5.32 Å². The number of hydrogen-bond acceptors (Lipinski definition) is 2. The average Bonchev–Trinajstić information content (AvgIpc) is 3.27. The smallest absolute Gasteiger partial charge is 0.243 e. The highest BCUT2D eigenvalue weighted by Gasteiger charge is 2.59. The van der Waals surface area contributed by atoms with Crippen molar-refractivity contribution in [2.24, 2.45) is 52.3 Å². The van der Waals surface area contributed by atoms with Gasteiger partial charge in [-0.15, -0.1) is 0 Å². The predicted molar refractivity (Wildman–Crippen MR) is 168 cm³/mol. The predicted octanol–water partition coefficient (Wildman–Crippen LogP) is 9.47. The number of hydrogen-bond donors (Lipinski definition) is 1. The van der Waals surface area contributed by atoms with Gasteiger partial charge in [0.05, 0.1) is 0 Å². The van der Waals surface area contributed by atoms with Crippen molar-refractivity contribution in [1.29, 1.82) is 0 Å². The molecule has 0 bridgehead atoms. The Kier molecular flexibility index (Phi) is 10.8. The lowest BCUT2D eigenvalue weighted by Crippen LogP contribution is -2.50. The summed E-state index contributed by atoms with van der Waals surface area (Å²) in [7, 11) is 0. The molecule has 0 radical (unpaired) electrons. The van der Waals surface area contributed by atoms with Crippen molar-refractivity contribution in [3.63, 3.8) is 0 Å². The molecule has 0 aromatic heterocycles. The summed E-state index contributed by atoms with van der Waals surface area (Å²) in [5.74, 6) is 6.19. The number of Topliss-reactive ketones (excluding diaryl/α,β-unsaturated/α-hetero) is 1. The molecular formula is C37H61NO2. The largest absolute Gasteiger partial charge is 0.353 e. The lowest BCUT2D eigenvalue weighted by atomic mass is 9.46. The average molecular weight is 552 g/mol. The molecule has 3 nitrogen and oxygen atoms in total. The second-order valence-electron chi connectivity index (χ2n) is 15.4. The van der Waals surface area contributed by atoms with Gasteiger partial charge in [0.1, 0.15) is 5.78 Å². The Bertz CT molecular complexity index is 919. The van der Waals surface area contributed by atoms with Crippen LogP contribution in [0.1, 0.15) is 137 Å². The van der Waals surface area contributed by atoms with E-state index in [2.05, 4.69) is 52.6 Å². The van der Waals surface area contributed by atoms with Gasteiger partial charge >= 0.3 is 0 Å². The lowest BCUT2D eigenvalue weighted by Gasteiger charge is -2.58. The zero-order chi connectivity index (χ0) is 28.9. The third-order valence-corrected chi connectivity index (χ3v) is 12.5. The van der Waals surface area contributed by atoms with E-state index in [4.69, 9.17) is 0 Å². The molecule has 40 heavy (non-hydrogen) atoms. The first kappa shape index (κ1) is 31.6. The van der Waals surface area contributed by atoms with Gasteiger partial charge in [0, 0.05) is 19.4 Å². The van der Waals surface area contributed by atoms with Crippen molar-refractivity contribution in [2.45, 2.75) is 137 Å². The van der Waals surface area contributed by atoms with E-state index in [-0.39, 0.29) is 5.91 Å². The molecule has 2 unspecified atom stereocenters. The monoisotopic (exact) mass is 551 g/mol. The minimum atomic E-state index is -0.111. The third-order valence-electron chi connectivity index (χ3n) is 12.5. The summed E-state index contributed by atoms with van der Waals surface area (Å²) in [6.45, 7) is 16.8. The van der Waals surface area contributed by atoms with E-state index < -0.39 is 0 Å². The van der Waals surface area contributed by atoms with Crippen LogP contribution in [0.15, 0.2) is 24.3 Å². The highest BCUT2D eigenvalue weighted by Crippen LogP contribution is 2.67. The van der Waals surface area contributed by atoms with E-state index in [0.29, 0.717) is 35.5 Å². The molecule has 0 aromatic carbocycles. The number of carbonyl (C=O) groups is 2. The minimum absolute atomic E-state index is 0.111. The summed E-state index contributed by atoms with van der Waals surface area (Å²) in [6, 6.07) is 0. The Morgan fingerprint density at radius 2 is 1.80 bits per heavy atom. The molecule has 4 rings (SSSR count). The first-order chi connectivity index (χ1) is 19.1. The first-order valence-electron chi connectivity index (χ1n) is 17.2. The van der Waals surface area contributed by atoms with Crippen LogP contribution in [0, 0.1) is 52.3 Å². The van der Waals surface area contributed by atoms with E-state index >= 15 is 0 Å². The molecule has 4 aliphatic carbocycles. The van der Waals surface area contributed by atoms with Crippen LogP contribution in [0.4, 0.5) is 0 Å². The van der Waals surface area contributed by atoms with Gasteiger partial charge < -0.3 is 5.32 Å². The standard InChI is InChI=1S/C37H61NO2/c1-7-35(40)38-23-10-8-9-14-30(39)25-28-19-21-36(5)29(24-28)15-16-31-33-18-17-32(27(4)13-11-12-26(2)3)37(33,6)22-20-34(31)36/h7,15,26-28,31-34H,1,8-14,16-25H2,2-6H3,(H,38,40)/t27-,28+,31?,32?,33+,34+,36+,37-/m1/s1. The third kappa shape index (κ3) is 6.97. The van der Waals surface area contributed by atoms with Crippen LogP contribution in [0.2, 0.25) is 0 Å². The zero-order valence-electron chi connectivity index (χ0n) is 26.7. The maximum Gasteiger partial charge on any atom is 0.243 e. The van der Waals surface area contributed by atoms with Crippen LogP contribution in [0.25, 0.3) is 0 Å². The van der Waals surface area contributed by atoms with Crippen LogP contribution in [-0.4, -0.2) is 18.2 Å². The molecule has 3 saturated carbocycles. The SMILES string of the molecule is C=CC(=O)NCCCCCC(=O)C[C@H]1CC[C@@]2(C)C(=CCC3[C@@H]2CC[C@]2(C)C([C@H](C)CCCC(C)C)CC[C@@H]32)C1. The number of carbonyl (C=O) groups excluding carboxylic acids is 2. The fourth-order valence-electron chi connectivity index (χ4n) is 10.3.